The van der Waals surface area contributed by atoms with E-state index in [2.05, 4.69) is 26.8 Å². The molecule has 1 aromatic carbocycles. The Balaban J connectivity index is 1.48. The van der Waals surface area contributed by atoms with Crippen LogP contribution in [0.5, 0.6) is 0 Å². The summed E-state index contributed by atoms with van der Waals surface area (Å²) in [6.07, 6.45) is 3.16. The molecule has 1 N–H and O–H groups in total. The zero-order valence-corrected chi connectivity index (χ0v) is 14.9. The van der Waals surface area contributed by atoms with Crippen LogP contribution in [-0.4, -0.2) is 26.4 Å². The van der Waals surface area contributed by atoms with Gasteiger partial charge in [-0.3, -0.25) is 4.79 Å². The highest BCUT2D eigenvalue weighted by molar-refractivity contribution is 7.99. The zero-order valence-electron chi connectivity index (χ0n) is 13.3. The summed E-state index contributed by atoms with van der Waals surface area (Å²) in [5.41, 5.74) is 2.01. The van der Waals surface area contributed by atoms with Crippen LogP contribution in [0.1, 0.15) is 23.4 Å². The molecule has 2 aromatic heterocycles. The molecule has 0 unspecified atom stereocenters. The third-order valence-electron chi connectivity index (χ3n) is 3.51. The standard InChI is InChI=1S/C17H18N4OS2/c1-13(20-17(22)10-23-9-16-3-2-8-24-16)14-4-6-15(7-5-14)21-12-18-11-19-21/h2-8,11-13H,9-10H2,1H3,(H,20,22)/t13-/m1/s1. The second kappa shape index (κ2) is 8.12. The Kier molecular flexibility index (Phi) is 5.66. The fraction of sp³-hybridized carbons (Fsp3) is 0.235. The van der Waals surface area contributed by atoms with E-state index in [9.17, 15) is 4.79 Å². The Bertz CT molecular complexity index is 755. The molecular formula is C17H18N4OS2. The number of thioether (sulfide) groups is 1. The van der Waals surface area contributed by atoms with Crippen molar-refractivity contribution in [3.63, 3.8) is 0 Å². The van der Waals surface area contributed by atoms with Gasteiger partial charge in [-0.15, -0.1) is 23.1 Å². The van der Waals surface area contributed by atoms with E-state index in [1.807, 2.05) is 37.3 Å². The molecule has 24 heavy (non-hydrogen) atoms. The predicted octanol–water partition coefficient (Wildman–Crippen LogP) is 3.44. The number of hydrogen-bond donors (Lipinski definition) is 1. The average Bonchev–Trinajstić information content (AvgIpc) is 3.29. The number of thiophene rings is 1. The summed E-state index contributed by atoms with van der Waals surface area (Å²) in [7, 11) is 0. The van der Waals surface area contributed by atoms with Crippen molar-refractivity contribution in [2.75, 3.05) is 5.75 Å². The van der Waals surface area contributed by atoms with Gasteiger partial charge in [-0.25, -0.2) is 9.67 Å². The first-order chi connectivity index (χ1) is 11.7. The maximum atomic E-state index is 12.1. The molecule has 1 amide bonds. The van der Waals surface area contributed by atoms with Crippen molar-refractivity contribution in [1.82, 2.24) is 20.1 Å². The lowest BCUT2D eigenvalue weighted by atomic mass is 10.1. The number of nitrogens with zero attached hydrogens (tertiary/aromatic N) is 3. The quantitative estimate of drug-likeness (QED) is 0.703. The lowest BCUT2D eigenvalue weighted by molar-refractivity contribution is -0.119. The van der Waals surface area contributed by atoms with E-state index >= 15 is 0 Å². The van der Waals surface area contributed by atoms with Crippen LogP contribution in [0.3, 0.4) is 0 Å². The summed E-state index contributed by atoms with van der Waals surface area (Å²) in [4.78, 5) is 17.3. The minimum absolute atomic E-state index is 0.0235. The van der Waals surface area contributed by atoms with Crippen molar-refractivity contribution in [3.8, 4) is 5.69 Å². The molecular weight excluding hydrogens is 340 g/mol. The van der Waals surface area contributed by atoms with E-state index in [-0.39, 0.29) is 11.9 Å². The zero-order chi connectivity index (χ0) is 16.8. The molecule has 0 aliphatic heterocycles. The lowest BCUT2D eigenvalue weighted by Crippen LogP contribution is -2.28. The minimum atomic E-state index is -0.0235. The first-order valence-corrected chi connectivity index (χ1v) is 9.60. The maximum absolute atomic E-state index is 12.1. The predicted molar refractivity (Wildman–Crippen MR) is 98.4 cm³/mol. The van der Waals surface area contributed by atoms with Crippen LogP contribution in [0.25, 0.3) is 5.69 Å². The molecule has 0 saturated carbocycles. The molecule has 0 saturated heterocycles. The Hall–Kier alpha value is -2.12. The highest BCUT2D eigenvalue weighted by Gasteiger charge is 2.10. The summed E-state index contributed by atoms with van der Waals surface area (Å²) in [5.74, 6) is 1.41. The summed E-state index contributed by atoms with van der Waals surface area (Å²) in [6.45, 7) is 1.99. The number of benzene rings is 1. The number of hydrogen-bond acceptors (Lipinski definition) is 5. The summed E-state index contributed by atoms with van der Waals surface area (Å²) in [5, 5.41) is 9.19. The number of aromatic nitrogens is 3. The first-order valence-electron chi connectivity index (χ1n) is 7.57. The number of nitrogens with one attached hydrogen (secondary N) is 1. The SMILES string of the molecule is C[C@@H](NC(=O)CSCc1cccs1)c1ccc(-n2cncn2)cc1. The van der Waals surface area contributed by atoms with Crippen molar-refractivity contribution in [2.24, 2.45) is 0 Å². The number of amides is 1. The number of carbonyl (C=O) groups excluding carboxylic acids is 1. The van der Waals surface area contributed by atoms with Gasteiger partial charge in [0.15, 0.2) is 0 Å². The van der Waals surface area contributed by atoms with E-state index in [1.54, 1.807) is 34.1 Å². The normalized spacial score (nSPS) is 12.0. The van der Waals surface area contributed by atoms with Gasteiger partial charge in [0.25, 0.3) is 0 Å². The van der Waals surface area contributed by atoms with Crippen molar-refractivity contribution in [2.45, 2.75) is 18.7 Å². The Morgan fingerprint density at radius 3 is 2.83 bits per heavy atom. The second-order valence-electron chi connectivity index (χ2n) is 5.29. The molecule has 0 spiro atoms. The summed E-state index contributed by atoms with van der Waals surface area (Å²) < 4.78 is 1.70. The van der Waals surface area contributed by atoms with Crippen LogP contribution in [-0.2, 0) is 10.5 Å². The molecule has 3 aromatic rings. The van der Waals surface area contributed by atoms with Gasteiger partial charge in [-0.2, -0.15) is 5.10 Å². The van der Waals surface area contributed by atoms with Gasteiger partial charge in [-0.1, -0.05) is 18.2 Å². The van der Waals surface area contributed by atoms with E-state index in [1.165, 1.54) is 11.2 Å². The van der Waals surface area contributed by atoms with Gasteiger partial charge in [0.1, 0.15) is 12.7 Å². The van der Waals surface area contributed by atoms with Gasteiger partial charge in [-0.05, 0) is 36.1 Å². The Morgan fingerprint density at radius 2 is 2.17 bits per heavy atom. The monoisotopic (exact) mass is 358 g/mol. The number of rotatable bonds is 7. The van der Waals surface area contributed by atoms with Crippen LogP contribution in [0.2, 0.25) is 0 Å². The first kappa shape index (κ1) is 16.7. The van der Waals surface area contributed by atoms with E-state index in [0.717, 1.165) is 17.0 Å². The van der Waals surface area contributed by atoms with Crippen LogP contribution >= 0.6 is 23.1 Å². The van der Waals surface area contributed by atoms with Crippen molar-refractivity contribution in [3.05, 3.63) is 64.9 Å². The molecule has 3 rings (SSSR count). The molecule has 0 aliphatic rings. The van der Waals surface area contributed by atoms with Gasteiger partial charge in [0.2, 0.25) is 5.91 Å². The third kappa shape index (κ3) is 4.46. The summed E-state index contributed by atoms with van der Waals surface area (Å²) in [6, 6.07) is 12.0. The van der Waals surface area contributed by atoms with Gasteiger partial charge in [0.05, 0.1) is 17.5 Å². The molecule has 0 radical (unpaired) electrons. The third-order valence-corrected chi connectivity index (χ3v) is 5.55. The second-order valence-corrected chi connectivity index (χ2v) is 7.31. The Labute approximate surface area is 149 Å². The van der Waals surface area contributed by atoms with Crippen molar-refractivity contribution >= 4 is 29.0 Å². The molecule has 5 nitrogen and oxygen atoms in total. The molecule has 124 valence electrons. The Morgan fingerprint density at radius 1 is 1.33 bits per heavy atom. The van der Waals surface area contributed by atoms with Crippen molar-refractivity contribution < 1.29 is 4.79 Å². The van der Waals surface area contributed by atoms with E-state index in [4.69, 9.17) is 0 Å². The molecule has 2 heterocycles. The minimum Gasteiger partial charge on any atom is -0.349 e. The van der Waals surface area contributed by atoms with Crippen LogP contribution in [0.15, 0.2) is 54.4 Å². The number of carbonyl (C=O) groups is 1. The summed E-state index contributed by atoms with van der Waals surface area (Å²) >= 11 is 3.36. The molecule has 1 atom stereocenters. The molecule has 0 aliphatic carbocycles. The lowest BCUT2D eigenvalue weighted by Gasteiger charge is -2.14. The van der Waals surface area contributed by atoms with E-state index in [0.29, 0.717) is 5.75 Å². The largest absolute Gasteiger partial charge is 0.349 e. The highest BCUT2D eigenvalue weighted by Crippen LogP contribution is 2.18. The van der Waals surface area contributed by atoms with Crippen LogP contribution < -0.4 is 5.32 Å². The fourth-order valence-corrected chi connectivity index (χ4v) is 3.94. The fourth-order valence-electron chi connectivity index (χ4n) is 2.26. The van der Waals surface area contributed by atoms with E-state index < -0.39 is 0 Å². The topological polar surface area (TPSA) is 59.8 Å². The van der Waals surface area contributed by atoms with Crippen molar-refractivity contribution in [1.29, 1.82) is 0 Å². The van der Waals surface area contributed by atoms with Crippen LogP contribution in [0, 0.1) is 0 Å². The van der Waals surface area contributed by atoms with Crippen LogP contribution in [0.4, 0.5) is 0 Å². The highest BCUT2D eigenvalue weighted by atomic mass is 32.2. The smallest absolute Gasteiger partial charge is 0.230 e. The molecule has 0 fully saturated rings. The maximum Gasteiger partial charge on any atom is 0.230 e. The molecule has 0 bridgehead atoms. The van der Waals surface area contributed by atoms with Gasteiger partial charge >= 0.3 is 0 Å². The molecule has 7 heteroatoms. The average molecular weight is 358 g/mol. The van der Waals surface area contributed by atoms with Gasteiger partial charge < -0.3 is 5.32 Å². The van der Waals surface area contributed by atoms with Gasteiger partial charge in [0, 0.05) is 10.6 Å².